The second-order valence-electron chi connectivity index (χ2n) is 14.4. The van der Waals surface area contributed by atoms with E-state index in [1.165, 1.54) is 27.8 Å². The summed E-state index contributed by atoms with van der Waals surface area (Å²) in [5, 5.41) is 2.28. The van der Waals surface area contributed by atoms with E-state index in [0.717, 1.165) is 55.3 Å². The number of fused-ring (bicyclic) bond motifs is 1. The summed E-state index contributed by atoms with van der Waals surface area (Å²) in [6.07, 6.45) is 0. The molecule has 0 spiro atoms. The molecule has 10 rings (SSSR count). The highest BCUT2D eigenvalue weighted by Gasteiger charge is 2.20. The molecule has 0 atom stereocenters. The zero-order chi connectivity index (χ0) is 38.7. The van der Waals surface area contributed by atoms with Gasteiger partial charge in [0.1, 0.15) is 0 Å². The van der Waals surface area contributed by atoms with Gasteiger partial charge in [-0.25, -0.2) is 15.0 Å². The summed E-state index contributed by atoms with van der Waals surface area (Å²) >= 11 is 0. The first-order valence-electron chi connectivity index (χ1n) is 19.6. The van der Waals surface area contributed by atoms with E-state index in [2.05, 4.69) is 188 Å². The molecule has 0 aliphatic rings. The van der Waals surface area contributed by atoms with Crippen LogP contribution in [0.1, 0.15) is 0 Å². The molecule has 3 heteroatoms. The quantitative estimate of drug-likeness (QED) is 0.156. The lowest BCUT2D eigenvalue weighted by atomic mass is 9.84. The van der Waals surface area contributed by atoms with Crippen LogP contribution in [0.3, 0.4) is 0 Å². The summed E-state index contributed by atoms with van der Waals surface area (Å²) in [6.45, 7) is 0. The van der Waals surface area contributed by atoms with Gasteiger partial charge in [0.15, 0.2) is 17.5 Å². The van der Waals surface area contributed by atoms with Crippen molar-refractivity contribution in [3.63, 3.8) is 0 Å². The molecule has 272 valence electrons. The van der Waals surface area contributed by atoms with Crippen molar-refractivity contribution in [2.45, 2.75) is 0 Å². The molecule has 0 amide bonds. The van der Waals surface area contributed by atoms with Crippen molar-refractivity contribution in [1.29, 1.82) is 0 Å². The molecule has 0 aliphatic heterocycles. The Morgan fingerprint density at radius 2 is 0.603 bits per heavy atom. The van der Waals surface area contributed by atoms with Gasteiger partial charge in [-0.3, -0.25) is 0 Å². The molecule has 1 heterocycles. The maximum atomic E-state index is 5.19. The van der Waals surface area contributed by atoms with Gasteiger partial charge in [0.25, 0.3) is 0 Å². The van der Waals surface area contributed by atoms with Crippen LogP contribution in [-0.2, 0) is 0 Å². The smallest absolute Gasteiger partial charge is 0.164 e. The van der Waals surface area contributed by atoms with Crippen LogP contribution in [-0.4, -0.2) is 15.0 Å². The monoisotopic (exact) mass is 739 g/mol. The van der Waals surface area contributed by atoms with Crippen LogP contribution in [0.15, 0.2) is 224 Å². The number of nitrogens with zero attached hydrogens (tertiary/aromatic N) is 3. The van der Waals surface area contributed by atoms with E-state index in [1.54, 1.807) is 0 Å². The SMILES string of the molecule is c1ccc(-c2nc(-c3ccccc3)nc(-c3ccc4ccccc4c3-c3cccc(-c4cc(-c5ccccc5)c(-c5ccccc5)cc4-c4ccccc4)c3)n2)cc1. The predicted molar refractivity (Wildman–Crippen MR) is 241 cm³/mol. The van der Waals surface area contributed by atoms with Gasteiger partial charge in [0.05, 0.1) is 0 Å². The largest absolute Gasteiger partial charge is 0.208 e. The van der Waals surface area contributed by atoms with E-state index in [9.17, 15) is 0 Å². The predicted octanol–water partition coefficient (Wildman–Crippen LogP) is 14.4. The van der Waals surface area contributed by atoms with Gasteiger partial charge in [0.2, 0.25) is 0 Å². The third-order valence-electron chi connectivity index (χ3n) is 10.7. The standard InChI is InChI=1S/C55H37N3/c1-6-19-38(20-7-1)48-36-50(40-23-10-3-11-24-40)51(37-49(48)39-21-8-2-9-22-39)44-30-18-31-45(35-44)52-46-32-17-16-25-41(46)33-34-47(52)55-57-53(42-26-12-4-13-27-42)56-54(58-55)43-28-14-5-15-29-43/h1-37H. The van der Waals surface area contributed by atoms with E-state index >= 15 is 0 Å². The minimum atomic E-state index is 0.627. The molecule has 0 radical (unpaired) electrons. The highest BCUT2D eigenvalue weighted by Crippen LogP contribution is 2.44. The minimum absolute atomic E-state index is 0.627. The first kappa shape index (κ1) is 34.7. The normalized spacial score (nSPS) is 11.1. The first-order valence-corrected chi connectivity index (χ1v) is 19.6. The van der Waals surface area contributed by atoms with Crippen LogP contribution < -0.4 is 0 Å². The Morgan fingerprint density at radius 1 is 0.224 bits per heavy atom. The Bertz CT molecular complexity index is 2960. The summed E-state index contributed by atoms with van der Waals surface area (Å²) in [6, 6.07) is 79.1. The molecular formula is C55H37N3. The van der Waals surface area contributed by atoms with Crippen molar-refractivity contribution in [1.82, 2.24) is 15.0 Å². The lowest BCUT2D eigenvalue weighted by molar-refractivity contribution is 1.07. The van der Waals surface area contributed by atoms with Crippen molar-refractivity contribution < 1.29 is 0 Å². The van der Waals surface area contributed by atoms with Gasteiger partial charge in [0, 0.05) is 22.3 Å². The van der Waals surface area contributed by atoms with Gasteiger partial charge in [-0.05, 0) is 85.1 Å². The Labute approximate surface area is 338 Å². The molecule has 0 fully saturated rings. The number of hydrogen-bond donors (Lipinski definition) is 0. The van der Waals surface area contributed by atoms with Crippen molar-refractivity contribution in [3.05, 3.63) is 224 Å². The van der Waals surface area contributed by atoms with Crippen LogP contribution in [0, 0.1) is 0 Å². The van der Waals surface area contributed by atoms with Crippen molar-refractivity contribution in [2.75, 3.05) is 0 Å². The summed E-state index contributed by atoms with van der Waals surface area (Å²) in [5.41, 5.74) is 14.3. The summed E-state index contributed by atoms with van der Waals surface area (Å²) in [7, 11) is 0. The summed E-state index contributed by atoms with van der Waals surface area (Å²) in [5.74, 6) is 1.90. The molecule has 10 aromatic rings. The molecule has 9 aromatic carbocycles. The molecule has 3 nitrogen and oxygen atoms in total. The number of aromatic nitrogens is 3. The number of rotatable bonds is 8. The highest BCUT2D eigenvalue weighted by atomic mass is 15.0. The van der Waals surface area contributed by atoms with Crippen LogP contribution in [0.5, 0.6) is 0 Å². The second-order valence-corrected chi connectivity index (χ2v) is 14.4. The average molecular weight is 740 g/mol. The average Bonchev–Trinajstić information content (AvgIpc) is 3.32. The molecule has 0 aliphatic carbocycles. The van der Waals surface area contributed by atoms with Crippen LogP contribution >= 0.6 is 0 Å². The van der Waals surface area contributed by atoms with Gasteiger partial charge in [-0.2, -0.15) is 0 Å². The van der Waals surface area contributed by atoms with E-state index < -0.39 is 0 Å². The zero-order valence-electron chi connectivity index (χ0n) is 31.7. The second kappa shape index (κ2) is 15.4. The fraction of sp³-hybridized carbons (Fsp3) is 0. The molecule has 0 saturated heterocycles. The third kappa shape index (κ3) is 6.76. The van der Waals surface area contributed by atoms with E-state index in [4.69, 9.17) is 15.0 Å². The highest BCUT2D eigenvalue weighted by molar-refractivity contribution is 6.04. The van der Waals surface area contributed by atoms with Crippen molar-refractivity contribution in [2.24, 2.45) is 0 Å². The fourth-order valence-electron chi connectivity index (χ4n) is 7.95. The molecular weight excluding hydrogens is 703 g/mol. The van der Waals surface area contributed by atoms with E-state index in [0.29, 0.717) is 17.5 Å². The molecule has 58 heavy (non-hydrogen) atoms. The minimum Gasteiger partial charge on any atom is -0.208 e. The Balaban J connectivity index is 1.22. The van der Waals surface area contributed by atoms with Gasteiger partial charge >= 0.3 is 0 Å². The van der Waals surface area contributed by atoms with Crippen molar-refractivity contribution >= 4 is 10.8 Å². The first-order chi connectivity index (χ1) is 28.8. The molecule has 0 saturated carbocycles. The summed E-state index contributed by atoms with van der Waals surface area (Å²) < 4.78 is 0. The molecule has 0 bridgehead atoms. The maximum absolute atomic E-state index is 5.19. The third-order valence-corrected chi connectivity index (χ3v) is 10.7. The number of hydrogen-bond acceptors (Lipinski definition) is 3. The zero-order valence-corrected chi connectivity index (χ0v) is 31.7. The Kier molecular flexibility index (Phi) is 9.23. The Morgan fingerprint density at radius 3 is 1.10 bits per heavy atom. The fourth-order valence-corrected chi connectivity index (χ4v) is 7.95. The van der Waals surface area contributed by atoms with Gasteiger partial charge in [-0.1, -0.05) is 200 Å². The van der Waals surface area contributed by atoms with Crippen LogP contribution in [0.2, 0.25) is 0 Å². The topological polar surface area (TPSA) is 38.7 Å². The van der Waals surface area contributed by atoms with Crippen LogP contribution in [0.25, 0.3) is 101 Å². The Hall–Kier alpha value is -7.75. The van der Waals surface area contributed by atoms with Crippen LogP contribution in [0.4, 0.5) is 0 Å². The molecule has 0 unspecified atom stereocenters. The van der Waals surface area contributed by atoms with Gasteiger partial charge in [-0.15, -0.1) is 0 Å². The van der Waals surface area contributed by atoms with E-state index in [-0.39, 0.29) is 0 Å². The molecule has 1 aromatic heterocycles. The van der Waals surface area contributed by atoms with Gasteiger partial charge < -0.3 is 0 Å². The number of benzene rings is 9. The van der Waals surface area contributed by atoms with E-state index in [1.807, 2.05) is 36.4 Å². The summed E-state index contributed by atoms with van der Waals surface area (Å²) in [4.78, 5) is 15.4. The lowest BCUT2D eigenvalue weighted by Crippen LogP contribution is -2.01. The lowest BCUT2D eigenvalue weighted by Gasteiger charge is -2.19. The maximum Gasteiger partial charge on any atom is 0.164 e. The van der Waals surface area contributed by atoms with Crippen molar-refractivity contribution in [3.8, 4) is 89.8 Å². The molecule has 0 N–H and O–H groups in total.